The minimum atomic E-state index is 0.0184. The van der Waals surface area contributed by atoms with Gasteiger partial charge in [-0.15, -0.1) is 0 Å². The van der Waals surface area contributed by atoms with E-state index in [0.29, 0.717) is 19.4 Å². The van der Waals surface area contributed by atoms with Gasteiger partial charge in [0.05, 0.1) is 0 Å². The van der Waals surface area contributed by atoms with E-state index >= 15 is 0 Å². The Kier molecular flexibility index (Phi) is 4.50. The number of aryl methyl sites for hydroxylation is 1. The third kappa shape index (κ3) is 4.43. The summed E-state index contributed by atoms with van der Waals surface area (Å²) in [4.78, 5) is 15.6. The molecule has 0 saturated heterocycles. The number of amides is 1. The van der Waals surface area contributed by atoms with Gasteiger partial charge in [0.2, 0.25) is 5.91 Å². The molecule has 0 atom stereocenters. The third-order valence-corrected chi connectivity index (χ3v) is 2.82. The largest absolute Gasteiger partial charge is 0.508 e. The fraction of sp³-hybridized carbons (Fsp3) is 0.200. The molecule has 1 amide bonds. The molecule has 0 fully saturated rings. The van der Waals surface area contributed by atoms with E-state index in [0.717, 1.165) is 11.1 Å². The summed E-state index contributed by atoms with van der Waals surface area (Å²) in [5.74, 6) is 0.248. The number of nitrogens with zero attached hydrogens (tertiary/aromatic N) is 1. The van der Waals surface area contributed by atoms with Crippen LogP contribution in [0, 0.1) is 0 Å². The van der Waals surface area contributed by atoms with Crippen molar-refractivity contribution in [3.63, 3.8) is 0 Å². The van der Waals surface area contributed by atoms with Gasteiger partial charge in [-0.25, -0.2) is 0 Å². The number of carbonyl (C=O) groups is 1. The Morgan fingerprint density at radius 2 is 1.74 bits per heavy atom. The number of aromatic hydroxyl groups is 1. The first kappa shape index (κ1) is 13.1. The van der Waals surface area contributed by atoms with E-state index in [9.17, 15) is 4.79 Å². The van der Waals surface area contributed by atoms with Gasteiger partial charge in [0, 0.05) is 25.4 Å². The van der Waals surface area contributed by atoms with E-state index in [1.54, 1.807) is 36.7 Å². The first-order valence-electron chi connectivity index (χ1n) is 6.17. The monoisotopic (exact) mass is 256 g/mol. The Labute approximate surface area is 112 Å². The number of phenolic OH excluding ortho intramolecular Hbond substituents is 1. The highest BCUT2D eigenvalue weighted by Gasteiger charge is 2.02. The highest BCUT2D eigenvalue weighted by molar-refractivity contribution is 5.76. The molecule has 0 aliphatic carbocycles. The summed E-state index contributed by atoms with van der Waals surface area (Å²) in [5, 5.41) is 12.0. The molecule has 0 saturated carbocycles. The third-order valence-electron chi connectivity index (χ3n) is 2.82. The van der Waals surface area contributed by atoms with Gasteiger partial charge in [-0.05, 0) is 41.8 Å². The van der Waals surface area contributed by atoms with E-state index in [4.69, 9.17) is 5.11 Å². The minimum absolute atomic E-state index is 0.0184. The van der Waals surface area contributed by atoms with Gasteiger partial charge in [0.15, 0.2) is 0 Å². The second kappa shape index (κ2) is 6.54. The second-order valence-corrected chi connectivity index (χ2v) is 4.30. The minimum Gasteiger partial charge on any atom is -0.508 e. The van der Waals surface area contributed by atoms with Crippen LogP contribution in [-0.4, -0.2) is 16.0 Å². The molecular formula is C15H16N2O2. The molecule has 1 heterocycles. The molecule has 0 aliphatic heterocycles. The quantitative estimate of drug-likeness (QED) is 0.860. The number of nitrogens with one attached hydrogen (secondary N) is 1. The van der Waals surface area contributed by atoms with Gasteiger partial charge in [-0.2, -0.15) is 0 Å². The topological polar surface area (TPSA) is 62.2 Å². The summed E-state index contributed by atoms with van der Waals surface area (Å²) in [7, 11) is 0. The first-order chi connectivity index (χ1) is 9.24. The van der Waals surface area contributed by atoms with Gasteiger partial charge in [-0.3, -0.25) is 9.78 Å². The fourth-order valence-electron chi connectivity index (χ4n) is 1.71. The number of aromatic nitrogens is 1. The molecule has 0 spiro atoms. The molecular weight excluding hydrogens is 240 g/mol. The Hall–Kier alpha value is -2.36. The van der Waals surface area contributed by atoms with E-state index in [1.807, 2.05) is 12.1 Å². The Morgan fingerprint density at radius 3 is 2.42 bits per heavy atom. The van der Waals surface area contributed by atoms with Crippen LogP contribution in [0.15, 0.2) is 48.8 Å². The van der Waals surface area contributed by atoms with Crippen LogP contribution in [0.4, 0.5) is 0 Å². The lowest BCUT2D eigenvalue weighted by Gasteiger charge is -2.05. The number of carbonyl (C=O) groups excluding carboxylic acids is 1. The summed E-state index contributed by atoms with van der Waals surface area (Å²) in [5.41, 5.74) is 2.07. The van der Waals surface area contributed by atoms with Crippen LogP contribution in [0.5, 0.6) is 5.75 Å². The van der Waals surface area contributed by atoms with Crippen molar-refractivity contribution in [2.24, 2.45) is 0 Å². The maximum Gasteiger partial charge on any atom is 0.220 e. The molecule has 4 heteroatoms. The number of pyridine rings is 1. The van der Waals surface area contributed by atoms with Crippen LogP contribution in [0.2, 0.25) is 0 Å². The van der Waals surface area contributed by atoms with E-state index < -0.39 is 0 Å². The Balaban J connectivity index is 1.74. The predicted molar refractivity (Wildman–Crippen MR) is 72.5 cm³/mol. The van der Waals surface area contributed by atoms with Crippen LogP contribution >= 0.6 is 0 Å². The summed E-state index contributed by atoms with van der Waals surface area (Å²) >= 11 is 0. The van der Waals surface area contributed by atoms with Gasteiger partial charge in [-0.1, -0.05) is 12.1 Å². The maximum absolute atomic E-state index is 11.7. The number of rotatable bonds is 5. The number of phenols is 1. The zero-order valence-electron chi connectivity index (χ0n) is 10.5. The van der Waals surface area contributed by atoms with Gasteiger partial charge in [0.1, 0.15) is 5.75 Å². The van der Waals surface area contributed by atoms with Crippen LogP contribution in [0.3, 0.4) is 0 Å². The van der Waals surface area contributed by atoms with E-state index in [-0.39, 0.29) is 11.7 Å². The van der Waals surface area contributed by atoms with Crippen molar-refractivity contribution in [1.82, 2.24) is 10.3 Å². The van der Waals surface area contributed by atoms with Gasteiger partial charge < -0.3 is 10.4 Å². The SMILES string of the molecule is O=C(CCc1ccncc1)NCc1ccc(O)cc1. The van der Waals surface area contributed by atoms with Crippen molar-refractivity contribution in [3.05, 3.63) is 59.9 Å². The maximum atomic E-state index is 11.7. The summed E-state index contributed by atoms with van der Waals surface area (Å²) in [6, 6.07) is 10.6. The number of hydrogen-bond donors (Lipinski definition) is 2. The lowest BCUT2D eigenvalue weighted by Crippen LogP contribution is -2.22. The lowest BCUT2D eigenvalue weighted by molar-refractivity contribution is -0.121. The van der Waals surface area contributed by atoms with E-state index in [2.05, 4.69) is 10.3 Å². The lowest BCUT2D eigenvalue weighted by atomic mass is 10.1. The van der Waals surface area contributed by atoms with Crippen molar-refractivity contribution in [1.29, 1.82) is 0 Å². The second-order valence-electron chi connectivity index (χ2n) is 4.30. The molecule has 4 nitrogen and oxygen atoms in total. The summed E-state index contributed by atoms with van der Waals surface area (Å²) in [6.45, 7) is 0.482. The molecule has 2 aromatic rings. The molecule has 1 aromatic carbocycles. The van der Waals surface area contributed by atoms with Crippen LogP contribution in [0.1, 0.15) is 17.5 Å². The standard InChI is InChI=1S/C15H16N2O2/c18-14-4-1-13(2-5-14)11-17-15(19)6-3-12-7-9-16-10-8-12/h1-2,4-5,7-10,18H,3,6,11H2,(H,17,19). The molecule has 0 bridgehead atoms. The zero-order valence-corrected chi connectivity index (χ0v) is 10.5. The molecule has 0 unspecified atom stereocenters. The highest BCUT2D eigenvalue weighted by Crippen LogP contribution is 2.09. The fourth-order valence-corrected chi connectivity index (χ4v) is 1.71. The van der Waals surface area contributed by atoms with Crippen LogP contribution in [-0.2, 0) is 17.8 Å². The van der Waals surface area contributed by atoms with Crippen molar-refractivity contribution in [2.75, 3.05) is 0 Å². The molecule has 2 N–H and O–H groups in total. The van der Waals surface area contributed by atoms with Crippen molar-refractivity contribution >= 4 is 5.91 Å². The van der Waals surface area contributed by atoms with Crippen LogP contribution < -0.4 is 5.32 Å². The molecule has 19 heavy (non-hydrogen) atoms. The van der Waals surface area contributed by atoms with E-state index in [1.165, 1.54) is 0 Å². The smallest absolute Gasteiger partial charge is 0.220 e. The number of benzene rings is 1. The highest BCUT2D eigenvalue weighted by atomic mass is 16.3. The van der Waals surface area contributed by atoms with Crippen molar-refractivity contribution in [3.8, 4) is 5.75 Å². The van der Waals surface area contributed by atoms with Gasteiger partial charge >= 0.3 is 0 Å². The molecule has 1 aromatic heterocycles. The Morgan fingerprint density at radius 1 is 1.05 bits per heavy atom. The first-order valence-corrected chi connectivity index (χ1v) is 6.17. The number of hydrogen-bond acceptors (Lipinski definition) is 3. The predicted octanol–water partition coefficient (Wildman–Crippen LogP) is 2.04. The van der Waals surface area contributed by atoms with Gasteiger partial charge in [0.25, 0.3) is 0 Å². The average molecular weight is 256 g/mol. The zero-order chi connectivity index (χ0) is 13.5. The molecule has 0 aliphatic rings. The van der Waals surface area contributed by atoms with Crippen molar-refractivity contribution < 1.29 is 9.90 Å². The molecule has 0 radical (unpaired) electrons. The van der Waals surface area contributed by atoms with Crippen LogP contribution in [0.25, 0.3) is 0 Å². The summed E-state index contributed by atoms with van der Waals surface area (Å²) < 4.78 is 0. The summed E-state index contributed by atoms with van der Waals surface area (Å²) in [6.07, 6.45) is 4.62. The Bertz CT molecular complexity index is 524. The molecule has 2 rings (SSSR count). The molecule has 98 valence electrons. The van der Waals surface area contributed by atoms with Crippen molar-refractivity contribution in [2.45, 2.75) is 19.4 Å². The normalized spacial score (nSPS) is 10.1. The average Bonchev–Trinajstić information content (AvgIpc) is 2.45.